The summed E-state index contributed by atoms with van der Waals surface area (Å²) >= 11 is 0. The molecule has 0 spiro atoms. The van der Waals surface area contributed by atoms with Crippen molar-refractivity contribution in [2.24, 2.45) is 5.92 Å². The Balaban J connectivity index is 2.00. The lowest BCUT2D eigenvalue weighted by atomic mass is 10.1. The van der Waals surface area contributed by atoms with Gasteiger partial charge in [0.15, 0.2) is 0 Å². The lowest BCUT2D eigenvalue weighted by Gasteiger charge is -2.12. The van der Waals surface area contributed by atoms with Gasteiger partial charge < -0.3 is 15.2 Å². The van der Waals surface area contributed by atoms with Crippen LogP contribution in [-0.4, -0.2) is 29.5 Å². The molecule has 2 N–H and O–H groups in total. The van der Waals surface area contributed by atoms with E-state index in [1.54, 1.807) is 18.2 Å². The van der Waals surface area contributed by atoms with Crippen LogP contribution in [0.1, 0.15) is 39.6 Å². The molecule has 1 fully saturated rings. The van der Waals surface area contributed by atoms with Crippen LogP contribution in [0.15, 0.2) is 41.3 Å². The number of nitrogens with zero attached hydrogens (tertiary/aromatic N) is 1. The maximum Gasteiger partial charge on any atom is 0.263 e. The Kier molecular flexibility index (Phi) is 4.88. The molecular formula is C19H20FN3O3. The van der Waals surface area contributed by atoms with Gasteiger partial charge in [0.2, 0.25) is 0 Å². The molecule has 0 bridgehead atoms. The van der Waals surface area contributed by atoms with Crippen LogP contribution < -0.4 is 16.2 Å². The van der Waals surface area contributed by atoms with Crippen LogP contribution in [0.3, 0.4) is 0 Å². The minimum absolute atomic E-state index is 0.0730. The van der Waals surface area contributed by atoms with E-state index in [-0.39, 0.29) is 29.6 Å². The number of nitrogens with one attached hydrogen (secondary N) is 2. The molecule has 2 atom stereocenters. The van der Waals surface area contributed by atoms with E-state index in [9.17, 15) is 18.8 Å². The van der Waals surface area contributed by atoms with Crippen molar-refractivity contribution in [2.75, 3.05) is 7.05 Å². The number of carbonyl (C=O) groups is 2. The number of aromatic nitrogens is 1. The highest BCUT2D eigenvalue weighted by Gasteiger charge is 2.34. The monoisotopic (exact) mass is 357 g/mol. The third-order valence-electron chi connectivity index (χ3n) is 4.54. The lowest BCUT2D eigenvalue weighted by molar-refractivity contribution is 0.0948. The van der Waals surface area contributed by atoms with Crippen LogP contribution in [-0.2, 0) is 6.54 Å². The fourth-order valence-electron chi connectivity index (χ4n) is 2.76. The molecule has 1 saturated carbocycles. The van der Waals surface area contributed by atoms with Crippen LogP contribution in [0.5, 0.6) is 0 Å². The second-order valence-electron chi connectivity index (χ2n) is 6.54. The van der Waals surface area contributed by atoms with Gasteiger partial charge in [-0.05, 0) is 24.5 Å². The van der Waals surface area contributed by atoms with E-state index in [1.165, 1.54) is 29.9 Å². The van der Waals surface area contributed by atoms with Gasteiger partial charge in [0.05, 0.1) is 12.1 Å². The molecule has 0 aliphatic heterocycles. The van der Waals surface area contributed by atoms with Crippen molar-refractivity contribution in [1.29, 1.82) is 0 Å². The van der Waals surface area contributed by atoms with E-state index in [1.807, 2.05) is 6.92 Å². The molecule has 136 valence electrons. The first-order chi connectivity index (χ1) is 12.4. The number of amides is 2. The predicted molar refractivity (Wildman–Crippen MR) is 94.6 cm³/mol. The maximum atomic E-state index is 13.9. The number of rotatable bonds is 5. The zero-order valence-corrected chi connectivity index (χ0v) is 14.6. The summed E-state index contributed by atoms with van der Waals surface area (Å²) in [7, 11) is 1.40. The predicted octanol–water partition coefficient (Wildman–Crippen LogP) is 1.53. The van der Waals surface area contributed by atoms with E-state index in [4.69, 9.17) is 0 Å². The summed E-state index contributed by atoms with van der Waals surface area (Å²) in [6, 6.07) is 7.46. The minimum Gasteiger partial charge on any atom is -0.355 e. The molecular weight excluding hydrogens is 337 g/mol. The van der Waals surface area contributed by atoms with Crippen LogP contribution in [0.4, 0.5) is 4.39 Å². The third-order valence-corrected chi connectivity index (χ3v) is 4.54. The van der Waals surface area contributed by atoms with Crippen LogP contribution in [0.25, 0.3) is 0 Å². The molecule has 3 rings (SSSR count). The summed E-state index contributed by atoms with van der Waals surface area (Å²) in [5.74, 6) is -0.984. The normalized spacial score (nSPS) is 18.3. The Hall–Kier alpha value is -2.96. The van der Waals surface area contributed by atoms with E-state index < -0.39 is 17.3 Å². The summed E-state index contributed by atoms with van der Waals surface area (Å²) in [5.41, 5.74) is -0.242. The van der Waals surface area contributed by atoms with Gasteiger partial charge >= 0.3 is 0 Å². The average molecular weight is 357 g/mol. The molecule has 1 heterocycles. The molecule has 0 unspecified atom stereocenters. The number of halogens is 1. The first-order valence-corrected chi connectivity index (χ1v) is 8.41. The van der Waals surface area contributed by atoms with Crippen molar-refractivity contribution in [3.63, 3.8) is 0 Å². The number of hydrogen-bond donors (Lipinski definition) is 2. The fraction of sp³-hybridized carbons (Fsp3) is 0.316. The Bertz CT molecular complexity index is 922. The van der Waals surface area contributed by atoms with Gasteiger partial charge in [0.25, 0.3) is 17.4 Å². The van der Waals surface area contributed by atoms with Crippen LogP contribution in [0.2, 0.25) is 0 Å². The molecule has 2 aromatic rings. The molecule has 6 nitrogen and oxygen atoms in total. The van der Waals surface area contributed by atoms with Crippen molar-refractivity contribution in [2.45, 2.75) is 25.9 Å². The van der Waals surface area contributed by atoms with Crippen LogP contribution in [0, 0.1) is 11.7 Å². The third kappa shape index (κ3) is 3.66. The van der Waals surface area contributed by atoms with Crippen molar-refractivity contribution >= 4 is 11.8 Å². The van der Waals surface area contributed by atoms with Gasteiger partial charge in [0.1, 0.15) is 11.4 Å². The highest BCUT2D eigenvalue weighted by Crippen LogP contribution is 2.29. The molecule has 26 heavy (non-hydrogen) atoms. The Labute approximate surface area is 150 Å². The SMILES string of the molecule is CNC(=O)c1cc(C(=O)N[C@@H]2C[C@@H]2C)cn(Cc2ccccc2F)c1=O. The first kappa shape index (κ1) is 17.8. The lowest BCUT2D eigenvalue weighted by Crippen LogP contribution is -2.34. The van der Waals surface area contributed by atoms with Crippen LogP contribution >= 0.6 is 0 Å². The molecule has 1 aliphatic carbocycles. The molecule has 2 amide bonds. The van der Waals surface area contributed by atoms with Gasteiger partial charge in [0, 0.05) is 24.8 Å². The van der Waals surface area contributed by atoms with Crippen molar-refractivity contribution < 1.29 is 14.0 Å². The highest BCUT2D eigenvalue weighted by atomic mass is 19.1. The summed E-state index contributed by atoms with van der Waals surface area (Å²) in [6.45, 7) is 1.95. The van der Waals surface area contributed by atoms with Crippen molar-refractivity contribution in [3.05, 3.63) is 69.4 Å². The summed E-state index contributed by atoms with van der Waals surface area (Å²) in [4.78, 5) is 37.1. The Morgan fingerprint density at radius 3 is 2.58 bits per heavy atom. The summed E-state index contributed by atoms with van der Waals surface area (Å²) < 4.78 is 15.1. The average Bonchev–Trinajstić information content (AvgIpc) is 3.32. The first-order valence-electron chi connectivity index (χ1n) is 8.41. The van der Waals surface area contributed by atoms with Crippen molar-refractivity contribution in [3.8, 4) is 0 Å². The number of pyridine rings is 1. The topological polar surface area (TPSA) is 80.2 Å². The molecule has 0 radical (unpaired) electrons. The number of carbonyl (C=O) groups excluding carboxylic acids is 2. The standard InChI is InChI=1S/C19H20FN3O3/c1-11-7-16(11)22-17(24)13-8-14(18(25)21-2)19(26)23(10-13)9-12-5-3-4-6-15(12)20/h3-6,8,10-11,16H,7,9H2,1-2H3,(H,21,25)(H,22,24)/t11-,16+/m0/s1. The zero-order valence-electron chi connectivity index (χ0n) is 14.6. The molecule has 7 heteroatoms. The molecule has 1 aromatic carbocycles. The van der Waals surface area contributed by atoms with E-state index in [0.29, 0.717) is 11.5 Å². The summed E-state index contributed by atoms with van der Waals surface area (Å²) in [6.07, 6.45) is 2.27. The quantitative estimate of drug-likeness (QED) is 0.852. The Morgan fingerprint density at radius 1 is 1.27 bits per heavy atom. The second-order valence-corrected chi connectivity index (χ2v) is 6.54. The minimum atomic E-state index is -0.591. The smallest absolute Gasteiger partial charge is 0.263 e. The van der Waals surface area contributed by atoms with E-state index in [2.05, 4.69) is 10.6 Å². The molecule has 1 aromatic heterocycles. The van der Waals surface area contributed by atoms with E-state index >= 15 is 0 Å². The number of hydrogen-bond acceptors (Lipinski definition) is 3. The fourth-order valence-corrected chi connectivity index (χ4v) is 2.76. The highest BCUT2D eigenvalue weighted by molar-refractivity contribution is 5.99. The van der Waals surface area contributed by atoms with Gasteiger partial charge in [-0.25, -0.2) is 4.39 Å². The van der Waals surface area contributed by atoms with Gasteiger partial charge in [-0.15, -0.1) is 0 Å². The largest absolute Gasteiger partial charge is 0.355 e. The van der Waals surface area contributed by atoms with Crippen molar-refractivity contribution in [1.82, 2.24) is 15.2 Å². The number of benzene rings is 1. The molecule has 0 saturated heterocycles. The summed E-state index contributed by atoms with van der Waals surface area (Å²) in [5, 5.41) is 5.26. The molecule has 1 aliphatic rings. The second kappa shape index (κ2) is 7.11. The van der Waals surface area contributed by atoms with Gasteiger partial charge in [-0.1, -0.05) is 25.1 Å². The van der Waals surface area contributed by atoms with Gasteiger partial charge in [-0.2, -0.15) is 0 Å². The maximum absolute atomic E-state index is 13.9. The van der Waals surface area contributed by atoms with Gasteiger partial charge in [-0.3, -0.25) is 14.4 Å². The Morgan fingerprint density at radius 2 is 1.96 bits per heavy atom. The van der Waals surface area contributed by atoms with E-state index in [0.717, 1.165) is 6.42 Å². The zero-order chi connectivity index (χ0) is 18.8.